The number of sulfonamides is 1. The molecule has 3 aromatic heterocycles. The van der Waals surface area contributed by atoms with E-state index >= 15 is 0 Å². The standard InChI is InChI=1S/C14H15N3O3S2/c1-17-9-14(15-10-17)22(18,19)16-7-6-11-4-5-13(21-11)12-3-2-8-20-12/h2-5,8-10,16H,6-7H2,1H3. The van der Waals surface area contributed by atoms with E-state index in [4.69, 9.17) is 4.42 Å². The SMILES string of the molecule is Cn1cnc(S(=O)(=O)NCCc2ccc(-c3ccco3)s2)c1. The van der Waals surface area contributed by atoms with Crippen molar-refractivity contribution in [3.05, 3.63) is 47.9 Å². The van der Waals surface area contributed by atoms with Gasteiger partial charge in [-0.15, -0.1) is 11.3 Å². The Balaban J connectivity index is 1.59. The van der Waals surface area contributed by atoms with Crippen LogP contribution in [0, 0.1) is 0 Å². The first-order chi connectivity index (χ1) is 10.5. The summed E-state index contributed by atoms with van der Waals surface area (Å²) in [5.74, 6) is 0.824. The van der Waals surface area contributed by atoms with E-state index in [1.165, 1.54) is 12.5 Å². The molecule has 116 valence electrons. The first-order valence-electron chi connectivity index (χ1n) is 6.65. The summed E-state index contributed by atoms with van der Waals surface area (Å²) in [6.07, 6.45) is 5.19. The van der Waals surface area contributed by atoms with Crippen molar-refractivity contribution in [2.75, 3.05) is 6.54 Å². The van der Waals surface area contributed by atoms with Crippen LogP contribution in [0.15, 0.2) is 52.5 Å². The van der Waals surface area contributed by atoms with Gasteiger partial charge in [-0.3, -0.25) is 0 Å². The summed E-state index contributed by atoms with van der Waals surface area (Å²) in [5.41, 5.74) is 0. The third-order valence-corrected chi connectivity index (χ3v) is 5.55. The molecule has 0 atom stereocenters. The molecule has 0 saturated heterocycles. The number of hydrogen-bond acceptors (Lipinski definition) is 5. The van der Waals surface area contributed by atoms with Crippen molar-refractivity contribution in [3.8, 4) is 10.6 Å². The largest absolute Gasteiger partial charge is 0.464 e. The lowest BCUT2D eigenvalue weighted by Crippen LogP contribution is -2.26. The van der Waals surface area contributed by atoms with Gasteiger partial charge in [0, 0.05) is 24.7 Å². The molecule has 8 heteroatoms. The number of aryl methyl sites for hydroxylation is 1. The molecule has 0 amide bonds. The first kappa shape index (κ1) is 15.0. The minimum atomic E-state index is -3.54. The summed E-state index contributed by atoms with van der Waals surface area (Å²) in [4.78, 5) is 5.98. The fourth-order valence-corrected chi connectivity index (χ4v) is 3.96. The van der Waals surface area contributed by atoms with Crippen LogP contribution in [0.4, 0.5) is 0 Å². The van der Waals surface area contributed by atoms with Gasteiger partial charge in [-0.1, -0.05) is 0 Å². The van der Waals surface area contributed by atoms with Crippen LogP contribution >= 0.6 is 11.3 Å². The minimum Gasteiger partial charge on any atom is -0.464 e. The second kappa shape index (κ2) is 6.07. The maximum Gasteiger partial charge on any atom is 0.259 e. The normalized spacial score (nSPS) is 11.9. The van der Waals surface area contributed by atoms with Gasteiger partial charge in [0.1, 0.15) is 5.76 Å². The molecule has 0 aromatic carbocycles. The van der Waals surface area contributed by atoms with Crippen molar-refractivity contribution in [2.45, 2.75) is 11.4 Å². The number of thiophene rings is 1. The Morgan fingerprint density at radius 1 is 1.36 bits per heavy atom. The molecular weight excluding hydrogens is 322 g/mol. The van der Waals surface area contributed by atoms with Gasteiger partial charge in [-0.2, -0.15) is 0 Å². The molecule has 22 heavy (non-hydrogen) atoms. The van der Waals surface area contributed by atoms with Crippen LogP contribution in [0.2, 0.25) is 0 Å². The summed E-state index contributed by atoms with van der Waals surface area (Å²) in [6, 6.07) is 7.71. The Hall–Kier alpha value is -1.90. The monoisotopic (exact) mass is 337 g/mol. The minimum absolute atomic E-state index is 0.0393. The zero-order chi connectivity index (χ0) is 15.6. The molecule has 0 unspecified atom stereocenters. The predicted octanol–water partition coefficient (Wildman–Crippen LogP) is 2.26. The molecular formula is C14H15N3O3S2. The zero-order valence-corrected chi connectivity index (χ0v) is 13.5. The van der Waals surface area contributed by atoms with Crippen LogP contribution in [0.25, 0.3) is 10.6 Å². The van der Waals surface area contributed by atoms with Gasteiger partial charge in [0.2, 0.25) is 0 Å². The van der Waals surface area contributed by atoms with Crippen molar-refractivity contribution in [1.29, 1.82) is 0 Å². The quantitative estimate of drug-likeness (QED) is 0.748. The van der Waals surface area contributed by atoms with Crippen LogP contribution in [0.5, 0.6) is 0 Å². The summed E-state index contributed by atoms with van der Waals surface area (Å²) >= 11 is 1.59. The first-order valence-corrected chi connectivity index (χ1v) is 8.95. The third-order valence-electron chi connectivity index (χ3n) is 3.05. The topological polar surface area (TPSA) is 77.1 Å². The summed E-state index contributed by atoms with van der Waals surface area (Å²) in [7, 11) is -1.81. The highest BCUT2D eigenvalue weighted by Crippen LogP contribution is 2.28. The average Bonchev–Trinajstić information content (AvgIpc) is 3.18. The lowest BCUT2D eigenvalue weighted by atomic mass is 10.3. The molecule has 0 fully saturated rings. The highest BCUT2D eigenvalue weighted by atomic mass is 32.2. The van der Waals surface area contributed by atoms with E-state index in [1.54, 1.807) is 29.2 Å². The fraction of sp³-hybridized carbons (Fsp3) is 0.214. The number of hydrogen-bond donors (Lipinski definition) is 1. The van der Waals surface area contributed by atoms with E-state index in [-0.39, 0.29) is 5.03 Å². The molecule has 3 heterocycles. The molecule has 0 saturated carbocycles. The summed E-state index contributed by atoms with van der Waals surface area (Å²) in [5, 5.41) is 0.0393. The number of imidazole rings is 1. The number of nitrogens with one attached hydrogen (secondary N) is 1. The molecule has 0 aliphatic rings. The highest BCUT2D eigenvalue weighted by molar-refractivity contribution is 7.89. The van der Waals surface area contributed by atoms with Gasteiger partial charge in [-0.25, -0.2) is 18.1 Å². The lowest BCUT2D eigenvalue weighted by molar-refractivity contribution is 0.578. The molecule has 6 nitrogen and oxygen atoms in total. The van der Waals surface area contributed by atoms with Crippen LogP contribution < -0.4 is 4.72 Å². The molecule has 0 aliphatic carbocycles. The van der Waals surface area contributed by atoms with Crippen molar-refractivity contribution >= 4 is 21.4 Å². The molecule has 3 rings (SSSR count). The number of rotatable bonds is 6. The van der Waals surface area contributed by atoms with Gasteiger partial charge >= 0.3 is 0 Å². The Morgan fingerprint density at radius 3 is 2.91 bits per heavy atom. The number of nitrogens with zero attached hydrogens (tertiary/aromatic N) is 2. The van der Waals surface area contributed by atoms with E-state index in [9.17, 15) is 8.42 Å². The number of aromatic nitrogens is 2. The third kappa shape index (κ3) is 3.29. The van der Waals surface area contributed by atoms with Crippen molar-refractivity contribution in [2.24, 2.45) is 7.05 Å². The van der Waals surface area contributed by atoms with E-state index in [2.05, 4.69) is 9.71 Å². The van der Waals surface area contributed by atoms with Gasteiger partial charge in [0.25, 0.3) is 10.0 Å². The second-order valence-electron chi connectivity index (χ2n) is 4.77. The maximum atomic E-state index is 12.0. The van der Waals surface area contributed by atoms with E-state index in [0.29, 0.717) is 13.0 Å². The smallest absolute Gasteiger partial charge is 0.259 e. The molecule has 0 aliphatic heterocycles. The predicted molar refractivity (Wildman–Crippen MR) is 84.1 cm³/mol. The van der Waals surface area contributed by atoms with E-state index in [0.717, 1.165) is 15.5 Å². The van der Waals surface area contributed by atoms with Gasteiger partial charge < -0.3 is 8.98 Å². The van der Waals surface area contributed by atoms with E-state index in [1.807, 2.05) is 24.3 Å². The molecule has 3 aromatic rings. The Morgan fingerprint density at radius 2 is 2.23 bits per heavy atom. The Bertz CT molecular complexity index is 848. The molecule has 0 spiro atoms. The van der Waals surface area contributed by atoms with Gasteiger partial charge in [0.05, 0.1) is 17.5 Å². The molecule has 0 bridgehead atoms. The van der Waals surface area contributed by atoms with Crippen molar-refractivity contribution in [1.82, 2.24) is 14.3 Å². The summed E-state index contributed by atoms with van der Waals surface area (Å²) < 4.78 is 33.6. The molecule has 0 radical (unpaired) electrons. The second-order valence-corrected chi connectivity index (χ2v) is 7.65. The Labute approximate surface area is 132 Å². The Kier molecular flexibility index (Phi) is 4.14. The highest BCUT2D eigenvalue weighted by Gasteiger charge is 2.16. The average molecular weight is 337 g/mol. The summed E-state index contributed by atoms with van der Waals surface area (Å²) in [6.45, 7) is 0.330. The van der Waals surface area contributed by atoms with Gasteiger partial charge in [-0.05, 0) is 30.7 Å². The van der Waals surface area contributed by atoms with Crippen LogP contribution in [0.1, 0.15) is 4.88 Å². The molecule has 1 N–H and O–H groups in total. The maximum absolute atomic E-state index is 12.0. The fourth-order valence-electron chi connectivity index (χ4n) is 1.97. The van der Waals surface area contributed by atoms with Gasteiger partial charge in [0.15, 0.2) is 5.03 Å². The van der Waals surface area contributed by atoms with Crippen molar-refractivity contribution < 1.29 is 12.8 Å². The van der Waals surface area contributed by atoms with Crippen LogP contribution in [-0.4, -0.2) is 24.5 Å². The number of furan rings is 1. The van der Waals surface area contributed by atoms with Crippen LogP contribution in [0.3, 0.4) is 0 Å². The van der Waals surface area contributed by atoms with Crippen LogP contribution in [-0.2, 0) is 23.5 Å². The lowest BCUT2D eigenvalue weighted by Gasteiger charge is -2.02. The van der Waals surface area contributed by atoms with Crippen molar-refractivity contribution in [3.63, 3.8) is 0 Å². The zero-order valence-electron chi connectivity index (χ0n) is 11.9. The van der Waals surface area contributed by atoms with E-state index < -0.39 is 10.0 Å².